The van der Waals surface area contributed by atoms with Gasteiger partial charge in [0.1, 0.15) is 0 Å². The topological polar surface area (TPSA) is 18.5 Å². The zero-order chi connectivity index (χ0) is 19.3. The largest absolute Gasteiger partial charge is 0.381 e. The van der Waals surface area contributed by atoms with E-state index in [4.69, 9.17) is 9.47 Å². The second-order valence-corrected chi connectivity index (χ2v) is 11.8. The van der Waals surface area contributed by atoms with Crippen LogP contribution in [-0.2, 0) is 9.47 Å². The van der Waals surface area contributed by atoms with Gasteiger partial charge in [-0.3, -0.25) is 0 Å². The van der Waals surface area contributed by atoms with Crippen molar-refractivity contribution < 1.29 is 9.47 Å². The molecule has 27 heavy (non-hydrogen) atoms. The van der Waals surface area contributed by atoms with Gasteiger partial charge in [0.05, 0.1) is 6.10 Å². The van der Waals surface area contributed by atoms with E-state index < -0.39 is 0 Å². The molecule has 0 aromatic heterocycles. The Bertz CT molecular complexity index is 528. The Morgan fingerprint density at radius 1 is 0.963 bits per heavy atom. The highest BCUT2D eigenvalue weighted by Crippen LogP contribution is 2.74. The van der Waals surface area contributed by atoms with E-state index in [1.165, 1.54) is 51.4 Å². The molecule has 0 spiro atoms. The van der Waals surface area contributed by atoms with Crippen LogP contribution in [0.2, 0.25) is 0 Å². The molecular weight excluding hydrogens is 332 g/mol. The van der Waals surface area contributed by atoms with Gasteiger partial charge in [0.15, 0.2) is 0 Å². The Hall–Kier alpha value is -0.0800. The average molecular weight is 377 g/mol. The van der Waals surface area contributed by atoms with Gasteiger partial charge in [-0.15, -0.1) is 0 Å². The fourth-order valence-corrected chi connectivity index (χ4v) is 6.84. The van der Waals surface area contributed by atoms with Gasteiger partial charge in [0.25, 0.3) is 0 Å². The van der Waals surface area contributed by atoms with E-state index in [2.05, 4.69) is 34.6 Å². The van der Waals surface area contributed by atoms with E-state index in [1.807, 2.05) is 0 Å². The van der Waals surface area contributed by atoms with Gasteiger partial charge in [-0.25, -0.2) is 0 Å². The summed E-state index contributed by atoms with van der Waals surface area (Å²) in [7, 11) is 0. The lowest BCUT2D eigenvalue weighted by molar-refractivity contribution is 0.0112. The van der Waals surface area contributed by atoms with Crippen LogP contribution in [0.5, 0.6) is 0 Å². The maximum Gasteiger partial charge on any atom is 0.0549 e. The molecule has 0 saturated heterocycles. The molecule has 0 amide bonds. The number of hydrogen-bond donors (Lipinski definition) is 0. The third-order valence-electron chi connectivity index (χ3n) is 9.87. The standard InChI is InChI=1S/C25H44O2/c1-18(13-20-15-22-17-25(22,5)23(20,2)3)27-11-6-10-26-12-8-19-7-9-24(4)16-21(24)14-19/h18-22H,6-17H2,1-5H3. The van der Waals surface area contributed by atoms with Gasteiger partial charge in [0.2, 0.25) is 0 Å². The minimum Gasteiger partial charge on any atom is -0.381 e. The highest BCUT2D eigenvalue weighted by molar-refractivity contribution is 5.15. The van der Waals surface area contributed by atoms with Crippen molar-refractivity contribution in [2.24, 2.45) is 39.9 Å². The molecule has 4 aliphatic carbocycles. The predicted molar refractivity (Wildman–Crippen MR) is 112 cm³/mol. The van der Waals surface area contributed by atoms with Crippen LogP contribution < -0.4 is 0 Å². The van der Waals surface area contributed by atoms with Crippen LogP contribution in [0, 0.1) is 39.9 Å². The number of rotatable bonds is 10. The second kappa shape index (κ2) is 7.31. The summed E-state index contributed by atoms with van der Waals surface area (Å²) in [5.74, 6) is 3.82. The molecular formula is C25H44O2. The molecule has 0 aromatic carbocycles. The maximum atomic E-state index is 6.13. The summed E-state index contributed by atoms with van der Waals surface area (Å²) < 4.78 is 12.0. The Balaban J connectivity index is 1.02. The molecule has 4 aliphatic rings. The Kier molecular flexibility index (Phi) is 5.47. The van der Waals surface area contributed by atoms with Crippen molar-refractivity contribution in [2.75, 3.05) is 19.8 Å². The number of ether oxygens (including phenoxy) is 2. The molecule has 0 radical (unpaired) electrons. The van der Waals surface area contributed by atoms with Gasteiger partial charge < -0.3 is 9.47 Å². The first-order chi connectivity index (χ1) is 12.7. The van der Waals surface area contributed by atoms with E-state index in [1.54, 1.807) is 0 Å². The van der Waals surface area contributed by atoms with Crippen molar-refractivity contribution in [1.82, 2.24) is 0 Å². The van der Waals surface area contributed by atoms with Crippen LogP contribution in [0.1, 0.15) is 92.4 Å². The van der Waals surface area contributed by atoms with Crippen LogP contribution in [0.15, 0.2) is 0 Å². The molecule has 0 aliphatic heterocycles. The van der Waals surface area contributed by atoms with Crippen molar-refractivity contribution in [3.63, 3.8) is 0 Å². The molecule has 2 heteroatoms. The van der Waals surface area contributed by atoms with E-state index in [-0.39, 0.29) is 0 Å². The van der Waals surface area contributed by atoms with Crippen LogP contribution >= 0.6 is 0 Å². The highest BCUT2D eigenvalue weighted by atomic mass is 16.5. The lowest BCUT2D eigenvalue weighted by Gasteiger charge is -2.36. The van der Waals surface area contributed by atoms with Gasteiger partial charge in [0, 0.05) is 19.8 Å². The highest BCUT2D eigenvalue weighted by Gasteiger charge is 2.66. The van der Waals surface area contributed by atoms with Crippen LogP contribution in [0.3, 0.4) is 0 Å². The predicted octanol–water partition coefficient (Wildman–Crippen LogP) is 6.48. The van der Waals surface area contributed by atoms with E-state index in [9.17, 15) is 0 Å². The summed E-state index contributed by atoms with van der Waals surface area (Å²) in [5, 5.41) is 0. The summed E-state index contributed by atoms with van der Waals surface area (Å²) in [4.78, 5) is 0. The first kappa shape index (κ1) is 20.2. The summed E-state index contributed by atoms with van der Waals surface area (Å²) >= 11 is 0. The summed E-state index contributed by atoms with van der Waals surface area (Å²) in [6.45, 7) is 15.0. The number of hydrogen-bond acceptors (Lipinski definition) is 2. The second-order valence-electron chi connectivity index (χ2n) is 11.8. The quantitative estimate of drug-likeness (QED) is 0.406. The van der Waals surface area contributed by atoms with Crippen molar-refractivity contribution in [2.45, 2.75) is 98.5 Å². The first-order valence-corrected chi connectivity index (χ1v) is 11.9. The zero-order valence-electron chi connectivity index (χ0n) is 18.7. The van der Waals surface area contributed by atoms with Gasteiger partial charge in [-0.1, -0.05) is 27.7 Å². The van der Waals surface area contributed by atoms with Crippen molar-refractivity contribution in [1.29, 1.82) is 0 Å². The molecule has 0 aromatic rings. The van der Waals surface area contributed by atoms with Gasteiger partial charge in [-0.05, 0) is 105 Å². The average Bonchev–Trinajstić information content (AvgIpc) is 3.46. The SMILES string of the molecule is CC(CC1CC2CC2(C)C1(C)C)OCCCOCCC1CCC2(C)CC2C1. The summed E-state index contributed by atoms with van der Waals surface area (Å²) in [6, 6.07) is 0. The smallest absolute Gasteiger partial charge is 0.0549 e. The number of fused-ring (bicyclic) bond motifs is 2. The van der Waals surface area contributed by atoms with E-state index in [0.29, 0.717) is 16.9 Å². The van der Waals surface area contributed by atoms with Crippen molar-refractivity contribution in [3.05, 3.63) is 0 Å². The molecule has 0 heterocycles. The molecule has 0 bridgehead atoms. The fraction of sp³-hybridized carbons (Fsp3) is 1.00. The molecule has 4 rings (SSSR count). The normalized spacial score (nSPS) is 45.2. The van der Waals surface area contributed by atoms with Crippen LogP contribution in [0.25, 0.3) is 0 Å². The van der Waals surface area contributed by atoms with Crippen LogP contribution in [-0.4, -0.2) is 25.9 Å². The van der Waals surface area contributed by atoms with Crippen LogP contribution in [0.4, 0.5) is 0 Å². The molecule has 4 saturated carbocycles. The van der Waals surface area contributed by atoms with E-state index in [0.717, 1.165) is 55.3 Å². The molecule has 0 N–H and O–H groups in total. The zero-order valence-corrected chi connectivity index (χ0v) is 18.7. The van der Waals surface area contributed by atoms with Crippen molar-refractivity contribution >= 4 is 0 Å². The molecule has 7 unspecified atom stereocenters. The van der Waals surface area contributed by atoms with E-state index >= 15 is 0 Å². The molecule has 2 nitrogen and oxygen atoms in total. The Morgan fingerprint density at radius 3 is 2.48 bits per heavy atom. The molecule has 4 fully saturated rings. The summed E-state index contributed by atoms with van der Waals surface area (Å²) in [5.41, 5.74) is 1.87. The third kappa shape index (κ3) is 4.00. The van der Waals surface area contributed by atoms with Gasteiger partial charge >= 0.3 is 0 Å². The molecule has 156 valence electrons. The monoisotopic (exact) mass is 376 g/mol. The lowest BCUT2D eigenvalue weighted by Crippen LogP contribution is -2.30. The third-order valence-corrected chi connectivity index (χ3v) is 9.87. The minimum atomic E-state index is 0.394. The fourth-order valence-electron chi connectivity index (χ4n) is 6.84. The molecule has 7 atom stereocenters. The first-order valence-electron chi connectivity index (χ1n) is 11.9. The Morgan fingerprint density at radius 2 is 1.78 bits per heavy atom. The summed E-state index contributed by atoms with van der Waals surface area (Å²) in [6.07, 6.45) is 12.7. The maximum absolute atomic E-state index is 6.13. The lowest BCUT2D eigenvalue weighted by atomic mass is 9.69. The minimum absolute atomic E-state index is 0.394. The Labute approximate surface area is 168 Å². The van der Waals surface area contributed by atoms with Gasteiger partial charge in [-0.2, -0.15) is 0 Å². The van der Waals surface area contributed by atoms with Crippen molar-refractivity contribution in [3.8, 4) is 0 Å².